The predicted molar refractivity (Wildman–Crippen MR) is 139 cm³/mol. The molecule has 2 aromatic carbocycles. The molecule has 194 valence electrons. The van der Waals surface area contributed by atoms with Crippen molar-refractivity contribution in [3.63, 3.8) is 0 Å². The predicted octanol–water partition coefficient (Wildman–Crippen LogP) is 1.96. The largest absolute Gasteiger partial charge is 0.484 e. The number of piperazine rings is 2. The van der Waals surface area contributed by atoms with Gasteiger partial charge in [0, 0.05) is 65.0 Å². The maximum Gasteiger partial charge on any atom is 0.260 e. The fourth-order valence-corrected chi connectivity index (χ4v) is 4.73. The lowest BCUT2D eigenvalue weighted by atomic mass is 10.2. The van der Waals surface area contributed by atoms with E-state index in [4.69, 9.17) is 9.72 Å². The zero-order valence-corrected chi connectivity index (χ0v) is 20.7. The van der Waals surface area contributed by atoms with Crippen molar-refractivity contribution in [2.75, 3.05) is 68.8 Å². The maximum atomic E-state index is 14.1. The molecule has 2 fully saturated rings. The summed E-state index contributed by atoms with van der Waals surface area (Å²) in [5.41, 5.74) is 1.13. The molecule has 0 atom stereocenters. The number of nitrogens with one attached hydrogen (secondary N) is 1. The Kier molecular flexibility index (Phi) is 7.65. The van der Waals surface area contributed by atoms with Crippen molar-refractivity contribution >= 4 is 17.5 Å². The van der Waals surface area contributed by atoms with Gasteiger partial charge in [-0.1, -0.05) is 30.3 Å². The van der Waals surface area contributed by atoms with Crippen molar-refractivity contribution < 1.29 is 13.9 Å². The van der Waals surface area contributed by atoms with Crippen molar-refractivity contribution in [2.24, 2.45) is 0 Å². The van der Waals surface area contributed by atoms with Crippen molar-refractivity contribution in [2.45, 2.75) is 6.54 Å². The number of aromatic nitrogens is 2. The third-order valence-electron chi connectivity index (χ3n) is 6.77. The quantitative estimate of drug-likeness (QED) is 0.525. The highest BCUT2D eigenvalue weighted by atomic mass is 19.1. The zero-order chi connectivity index (χ0) is 25.6. The Morgan fingerprint density at radius 3 is 2.30 bits per heavy atom. The Morgan fingerprint density at radius 1 is 0.892 bits per heavy atom. The smallest absolute Gasteiger partial charge is 0.260 e. The molecule has 0 saturated carbocycles. The second-order valence-electron chi connectivity index (χ2n) is 9.24. The van der Waals surface area contributed by atoms with Crippen molar-refractivity contribution in [3.8, 4) is 5.75 Å². The van der Waals surface area contributed by atoms with Crippen LogP contribution in [0.25, 0.3) is 0 Å². The first-order valence-electron chi connectivity index (χ1n) is 12.6. The average Bonchev–Trinajstić information content (AvgIpc) is 2.93. The summed E-state index contributed by atoms with van der Waals surface area (Å²) in [6, 6.07) is 17.6. The molecular weight excluding hydrogens is 475 g/mol. The van der Waals surface area contributed by atoms with E-state index in [0.717, 1.165) is 13.1 Å². The van der Waals surface area contributed by atoms with Crippen molar-refractivity contribution in [1.29, 1.82) is 0 Å². The minimum absolute atomic E-state index is 0.00123. The van der Waals surface area contributed by atoms with E-state index >= 15 is 0 Å². The Hall–Kier alpha value is -3.92. The molecular formula is C27H31FN6O3. The van der Waals surface area contributed by atoms with E-state index in [2.05, 4.69) is 9.88 Å². The average molecular weight is 507 g/mol. The third-order valence-corrected chi connectivity index (χ3v) is 6.77. The molecule has 1 N–H and O–H groups in total. The van der Waals surface area contributed by atoms with Gasteiger partial charge >= 0.3 is 0 Å². The standard InChI is InChI=1S/C27H31FN6O3/c28-23-8-4-5-9-24(23)32-12-10-31(11-13-32)19-21-18-25(35)30-27(29-21)34-16-14-33(15-17-34)26(36)20-37-22-6-2-1-3-7-22/h1-9,18H,10-17,19-20H2,(H,29,30,35). The summed E-state index contributed by atoms with van der Waals surface area (Å²) in [5, 5.41) is 0. The minimum Gasteiger partial charge on any atom is -0.484 e. The molecule has 1 aromatic heterocycles. The van der Waals surface area contributed by atoms with Crippen LogP contribution in [0.5, 0.6) is 5.75 Å². The number of nitrogens with zero attached hydrogens (tertiary/aromatic N) is 5. The molecule has 10 heteroatoms. The molecule has 0 radical (unpaired) electrons. The molecule has 9 nitrogen and oxygen atoms in total. The molecule has 3 aromatic rings. The number of rotatable bonds is 7. The van der Waals surface area contributed by atoms with Crippen LogP contribution in [0.15, 0.2) is 65.5 Å². The number of hydrogen-bond donors (Lipinski definition) is 1. The van der Waals surface area contributed by atoms with Crippen molar-refractivity contribution in [3.05, 3.63) is 82.5 Å². The SMILES string of the molecule is O=C(COc1ccccc1)N1CCN(c2nc(CN3CCN(c4ccccc4F)CC3)cc(=O)[nH]2)CC1. The summed E-state index contributed by atoms with van der Waals surface area (Å²) < 4.78 is 19.7. The minimum atomic E-state index is -0.206. The molecule has 2 aliphatic rings. The first kappa shape index (κ1) is 24.8. The molecule has 37 heavy (non-hydrogen) atoms. The highest BCUT2D eigenvalue weighted by Crippen LogP contribution is 2.21. The van der Waals surface area contributed by atoms with Crippen LogP contribution < -0.4 is 20.1 Å². The van der Waals surface area contributed by atoms with E-state index in [0.29, 0.717) is 68.9 Å². The van der Waals surface area contributed by atoms with E-state index in [1.54, 1.807) is 17.0 Å². The summed E-state index contributed by atoms with van der Waals surface area (Å²) >= 11 is 0. The summed E-state index contributed by atoms with van der Waals surface area (Å²) in [5.74, 6) is 0.928. The van der Waals surface area contributed by atoms with Gasteiger partial charge in [-0.2, -0.15) is 0 Å². The molecule has 0 unspecified atom stereocenters. The molecule has 0 spiro atoms. The molecule has 2 saturated heterocycles. The van der Waals surface area contributed by atoms with E-state index in [-0.39, 0.29) is 23.9 Å². The third kappa shape index (κ3) is 6.26. The maximum absolute atomic E-state index is 14.1. The number of H-pyrrole nitrogens is 1. The van der Waals surface area contributed by atoms with Crippen LogP contribution in [-0.2, 0) is 11.3 Å². The second-order valence-corrected chi connectivity index (χ2v) is 9.24. The lowest BCUT2D eigenvalue weighted by Crippen LogP contribution is -2.50. The first-order valence-corrected chi connectivity index (χ1v) is 12.6. The number of amides is 1. The van der Waals surface area contributed by atoms with Gasteiger partial charge in [-0.3, -0.25) is 19.5 Å². The van der Waals surface area contributed by atoms with Gasteiger partial charge in [0.15, 0.2) is 6.61 Å². The number of ether oxygens (including phenoxy) is 1. The topological polar surface area (TPSA) is 85.0 Å². The van der Waals surface area contributed by atoms with Gasteiger partial charge in [0.1, 0.15) is 11.6 Å². The number of carbonyl (C=O) groups is 1. The highest BCUT2D eigenvalue weighted by Gasteiger charge is 2.24. The van der Waals surface area contributed by atoms with Gasteiger partial charge in [-0.25, -0.2) is 9.37 Å². The summed E-state index contributed by atoms with van der Waals surface area (Å²) in [7, 11) is 0. The van der Waals surface area contributed by atoms with E-state index in [1.807, 2.05) is 46.2 Å². The molecule has 5 rings (SSSR count). The fraction of sp³-hybridized carbons (Fsp3) is 0.370. The fourth-order valence-electron chi connectivity index (χ4n) is 4.73. The Bertz CT molecular complexity index is 1250. The molecule has 1 amide bonds. The van der Waals surface area contributed by atoms with Gasteiger partial charge in [0.05, 0.1) is 11.4 Å². The molecule has 0 bridgehead atoms. The summed E-state index contributed by atoms with van der Waals surface area (Å²) in [6.45, 7) is 5.69. The monoisotopic (exact) mass is 506 g/mol. The second kappa shape index (κ2) is 11.4. The van der Waals surface area contributed by atoms with Crippen LogP contribution in [0.1, 0.15) is 5.69 Å². The van der Waals surface area contributed by atoms with Gasteiger partial charge in [-0.15, -0.1) is 0 Å². The molecule has 3 heterocycles. The van der Waals surface area contributed by atoms with Crippen LogP contribution >= 0.6 is 0 Å². The van der Waals surface area contributed by atoms with Crippen LogP contribution in [0.2, 0.25) is 0 Å². The van der Waals surface area contributed by atoms with E-state index < -0.39 is 0 Å². The Labute approximate surface area is 215 Å². The summed E-state index contributed by atoms with van der Waals surface area (Å²) in [4.78, 5) is 40.6. The zero-order valence-electron chi connectivity index (χ0n) is 20.7. The number of benzene rings is 2. The number of aromatic amines is 1. The highest BCUT2D eigenvalue weighted by molar-refractivity contribution is 5.78. The normalized spacial score (nSPS) is 16.6. The van der Waals surface area contributed by atoms with Gasteiger partial charge in [0.2, 0.25) is 5.95 Å². The first-order chi connectivity index (χ1) is 18.0. The van der Waals surface area contributed by atoms with E-state index in [1.165, 1.54) is 12.1 Å². The lowest BCUT2D eigenvalue weighted by molar-refractivity contribution is -0.133. The number of hydrogen-bond acceptors (Lipinski definition) is 7. The summed E-state index contributed by atoms with van der Waals surface area (Å²) in [6.07, 6.45) is 0. The molecule has 2 aliphatic heterocycles. The van der Waals surface area contributed by atoms with E-state index in [9.17, 15) is 14.0 Å². The van der Waals surface area contributed by atoms with Crippen LogP contribution in [0, 0.1) is 5.82 Å². The van der Waals surface area contributed by atoms with Gasteiger partial charge in [-0.05, 0) is 24.3 Å². The Morgan fingerprint density at radius 2 is 1.57 bits per heavy atom. The van der Waals surface area contributed by atoms with Gasteiger partial charge < -0.3 is 19.4 Å². The van der Waals surface area contributed by atoms with Crippen LogP contribution in [0.3, 0.4) is 0 Å². The number of halogens is 1. The van der Waals surface area contributed by atoms with Crippen molar-refractivity contribution in [1.82, 2.24) is 19.8 Å². The van der Waals surface area contributed by atoms with Crippen LogP contribution in [0.4, 0.5) is 16.0 Å². The van der Waals surface area contributed by atoms with Gasteiger partial charge in [0.25, 0.3) is 11.5 Å². The Balaban J connectivity index is 1.13. The number of para-hydroxylation sites is 2. The number of anilines is 2. The number of carbonyl (C=O) groups excluding carboxylic acids is 1. The van der Waals surface area contributed by atoms with Crippen LogP contribution in [-0.4, -0.2) is 84.6 Å². The molecule has 0 aliphatic carbocycles. The lowest BCUT2D eigenvalue weighted by Gasteiger charge is -2.36.